The predicted octanol–water partition coefficient (Wildman–Crippen LogP) is 2.74. The van der Waals surface area contributed by atoms with Gasteiger partial charge in [0.05, 0.1) is 5.75 Å². The van der Waals surface area contributed by atoms with Crippen LogP contribution in [0.25, 0.3) is 0 Å². The van der Waals surface area contributed by atoms with Crippen LogP contribution in [0.1, 0.15) is 34.8 Å². The zero-order valence-electron chi connectivity index (χ0n) is 14.6. The maximum Gasteiger partial charge on any atom is 0.254 e. The molecule has 0 saturated carbocycles. The lowest BCUT2D eigenvalue weighted by molar-refractivity contribution is 0.0734. The second-order valence-corrected chi connectivity index (χ2v) is 8.27. The summed E-state index contributed by atoms with van der Waals surface area (Å²) in [6, 6.07) is 11.8. The van der Waals surface area contributed by atoms with Gasteiger partial charge >= 0.3 is 0 Å². The van der Waals surface area contributed by atoms with Crippen LogP contribution in [0, 0.1) is 0 Å². The molecule has 0 spiro atoms. The Morgan fingerprint density at radius 3 is 2.77 bits per heavy atom. The van der Waals surface area contributed by atoms with Gasteiger partial charge in [-0.05, 0) is 54.3 Å². The van der Waals surface area contributed by atoms with Gasteiger partial charge in [0.1, 0.15) is 5.75 Å². The molecule has 1 heterocycles. The SMILES string of the molecule is CCCS(=O)(=O)Nc1cccc(C(=O)N2CCc3ccc(O)cc3C2)c1. The van der Waals surface area contributed by atoms with Crippen LogP contribution in [-0.2, 0) is 23.0 Å². The monoisotopic (exact) mass is 374 g/mol. The number of nitrogens with one attached hydrogen (secondary N) is 1. The minimum Gasteiger partial charge on any atom is -0.508 e. The number of hydrogen-bond donors (Lipinski definition) is 2. The van der Waals surface area contributed by atoms with E-state index in [0.29, 0.717) is 30.8 Å². The summed E-state index contributed by atoms with van der Waals surface area (Å²) in [6.45, 7) is 2.81. The number of rotatable bonds is 5. The number of sulfonamides is 1. The number of hydrogen-bond acceptors (Lipinski definition) is 4. The summed E-state index contributed by atoms with van der Waals surface area (Å²) in [5.41, 5.74) is 2.89. The molecule has 0 aliphatic carbocycles. The highest BCUT2D eigenvalue weighted by molar-refractivity contribution is 7.92. The van der Waals surface area contributed by atoms with Gasteiger partial charge < -0.3 is 10.0 Å². The average molecular weight is 374 g/mol. The Labute approximate surface area is 153 Å². The van der Waals surface area contributed by atoms with Gasteiger partial charge in [0.15, 0.2) is 0 Å². The Balaban J connectivity index is 1.77. The molecule has 2 N–H and O–H groups in total. The van der Waals surface area contributed by atoms with Gasteiger partial charge in [-0.15, -0.1) is 0 Å². The molecule has 0 bridgehead atoms. The minimum absolute atomic E-state index is 0.0393. The molecule has 138 valence electrons. The number of phenolic OH excluding ortho intramolecular Hbond substituents is 1. The van der Waals surface area contributed by atoms with Crippen LogP contribution in [0.2, 0.25) is 0 Å². The minimum atomic E-state index is -3.40. The van der Waals surface area contributed by atoms with E-state index in [9.17, 15) is 18.3 Å². The maximum absolute atomic E-state index is 12.8. The fourth-order valence-electron chi connectivity index (χ4n) is 3.11. The first-order valence-corrected chi connectivity index (χ1v) is 10.2. The van der Waals surface area contributed by atoms with E-state index in [1.54, 1.807) is 48.2 Å². The highest BCUT2D eigenvalue weighted by Gasteiger charge is 2.22. The van der Waals surface area contributed by atoms with Crippen LogP contribution >= 0.6 is 0 Å². The third-order valence-corrected chi connectivity index (χ3v) is 5.84. The van der Waals surface area contributed by atoms with Gasteiger partial charge in [0.2, 0.25) is 10.0 Å². The zero-order valence-corrected chi connectivity index (χ0v) is 15.4. The molecule has 0 fully saturated rings. The second kappa shape index (κ2) is 7.37. The van der Waals surface area contributed by atoms with Gasteiger partial charge in [-0.25, -0.2) is 8.42 Å². The summed E-state index contributed by atoms with van der Waals surface area (Å²) in [6.07, 6.45) is 1.25. The average Bonchev–Trinajstić information content (AvgIpc) is 2.60. The van der Waals surface area contributed by atoms with Crippen molar-refractivity contribution in [2.24, 2.45) is 0 Å². The molecule has 0 radical (unpaired) electrons. The van der Waals surface area contributed by atoms with Crippen LogP contribution in [0.5, 0.6) is 5.75 Å². The van der Waals surface area contributed by atoms with Crippen LogP contribution in [0.3, 0.4) is 0 Å². The molecule has 7 heteroatoms. The standard InChI is InChI=1S/C19H22N2O4S/c1-2-10-26(24,25)20-17-5-3-4-15(11-17)19(23)21-9-8-14-6-7-18(22)12-16(14)13-21/h3-7,11-12,20,22H,2,8-10,13H2,1H3. The van der Waals surface area contributed by atoms with Crippen LogP contribution < -0.4 is 4.72 Å². The molecule has 0 saturated heterocycles. The Kier molecular flexibility index (Phi) is 5.18. The molecule has 3 rings (SSSR count). The van der Waals surface area contributed by atoms with Crippen molar-refractivity contribution in [3.63, 3.8) is 0 Å². The van der Waals surface area contributed by atoms with E-state index in [4.69, 9.17) is 0 Å². The lowest BCUT2D eigenvalue weighted by atomic mass is 9.99. The number of phenols is 1. The number of nitrogens with zero attached hydrogens (tertiary/aromatic N) is 1. The Morgan fingerprint density at radius 1 is 1.19 bits per heavy atom. The number of amides is 1. The Morgan fingerprint density at radius 2 is 2.00 bits per heavy atom. The molecule has 2 aromatic carbocycles. The highest BCUT2D eigenvalue weighted by Crippen LogP contribution is 2.24. The third kappa shape index (κ3) is 4.16. The number of benzene rings is 2. The van der Waals surface area contributed by atoms with Crippen molar-refractivity contribution < 1.29 is 18.3 Å². The first-order chi connectivity index (χ1) is 12.4. The van der Waals surface area contributed by atoms with Crippen molar-refractivity contribution in [2.75, 3.05) is 17.0 Å². The highest BCUT2D eigenvalue weighted by atomic mass is 32.2. The molecule has 6 nitrogen and oxygen atoms in total. The molecule has 0 unspecified atom stereocenters. The second-order valence-electron chi connectivity index (χ2n) is 6.43. The van der Waals surface area contributed by atoms with Gasteiger partial charge in [-0.1, -0.05) is 19.1 Å². The predicted molar refractivity (Wildman–Crippen MR) is 101 cm³/mol. The van der Waals surface area contributed by atoms with E-state index in [1.165, 1.54) is 0 Å². The van der Waals surface area contributed by atoms with Crippen molar-refractivity contribution >= 4 is 21.6 Å². The van der Waals surface area contributed by atoms with Gasteiger partial charge in [0, 0.05) is 24.3 Å². The van der Waals surface area contributed by atoms with Crippen LogP contribution in [-0.4, -0.2) is 36.6 Å². The van der Waals surface area contributed by atoms with Crippen molar-refractivity contribution in [1.82, 2.24) is 4.90 Å². The van der Waals surface area contributed by atoms with E-state index in [1.807, 2.05) is 6.07 Å². The summed E-state index contributed by atoms with van der Waals surface area (Å²) < 4.78 is 26.4. The summed E-state index contributed by atoms with van der Waals surface area (Å²) in [7, 11) is -3.40. The van der Waals surface area contributed by atoms with E-state index in [2.05, 4.69) is 4.72 Å². The Hall–Kier alpha value is -2.54. The Bertz CT molecular complexity index is 925. The molecule has 1 aliphatic rings. The molecule has 0 aromatic heterocycles. The lowest BCUT2D eigenvalue weighted by Crippen LogP contribution is -2.36. The molecule has 1 amide bonds. The zero-order chi connectivity index (χ0) is 18.7. The van der Waals surface area contributed by atoms with Gasteiger partial charge in [-0.3, -0.25) is 9.52 Å². The quantitative estimate of drug-likeness (QED) is 0.842. The third-order valence-electron chi connectivity index (χ3n) is 4.35. The molecule has 2 aromatic rings. The molecular weight excluding hydrogens is 352 g/mol. The number of carbonyl (C=O) groups excluding carboxylic acids is 1. The molecule has 0 atom stereocenters. The number of fused-ring (bicyclic) bond motifs is 1. The fourth-order valence-corrected chi connectivity index (χ4v) is 4.24. The summed E-state index contributed by atoms with van der Waals surface area (Å²) in [5.74, 6) is 0.0679. The van der Waals surface area contributed by atoms with E-state index >= 15 is 0 Å². The van der Waals surface area contributed by atoms with Crippen molar-refractivity contribution in [1.29, 1.82) is 0 Å². The largest absolute Gasteiger partial charge is 0.508 e. The van der Waals surface area contributed by atoms with Crippen molar-refractivity contribution in [3.05, 3.63) is 59.2 Å². The van der Waals surface area contributed by atoms with Crippen molar-refractivity contribution in [2.45, 2.75) is 26.3 Å². The molecule has 26 heavy (non-hydrogen) atoms. The summed E-state index contributed by atoms with van der Waals surface area (Å²) in [5, 5.41) is 9.65. The van der Waals surface area contributed by atoms with Crippen LogP contribution in [0.15, 0.2) is 42.5 Å². The van der Waals surface area contributed by atoms with E-state index < -0.39 is 10.0 Å². The van der Waals surface area contributed by atoms with E-state index in [0.717, 1.165) is 17.5 Å². The topological polar surface area (TPSA) is 86.7 Å². The van der Waals surface area contributed by atoms with Crippen LogP contribution in [0.4, 0.5) is 5.69 Å². The lowest BCUT2D eigenvalue weighted by Gasteiger charge is -2.29. The number of carbonyl (C=O) groups is 1. The summed E-state index contributed by atoms with van der Waals surface area (Å²) in [4.78, 5) is 14.5. The van der Waals surface area contributed by atoms with Gasteiger partial charge in [-0.2, -0.15) is 0 Å². The number of anilines is 1. The smallest absolute Gasteiger partial charge is 0.254 e. The summed E-state index contributed by atoms with van der Waals surface area (Å²) >= 11 is 0. The number of aromatic hydroxyl groups is 1. The fraction of sp³-hybridized carbons (Fsp3) is 0.316. The molecule has 1 aliphatic heterocycles. The van der Waals surface area contributed by atoms with Gasteiger partial charge in [0.25, 0.3) is 5.91 Å². The van der Waals surface area contributed by atoms with Crippen molar-refractivity contribution in [3.8, 4) is 5.75 Å². The molecular formula is C19H22N2O4S. The van der Waals surface area contributed by atoms with E-state index in [-0.39, 0.29) is 17.4 Å². The maximum atomic E-state index is 12.8. The normalized spacial score (nSPS) is 14.0. The first-order valence-electron chi connectivity index (χ1n) is 8.58. The first kappa shape index (κ1) is 18.3.